The maximum atomic E-state index is 13.0. The number of aliphatic hydroxyl groups is 1. The van der Waals surface area contributed by atoms with E-state index < -0.39 is 5.60 Å². The molecule has 0 radical (unpaired) electrons. The van der Waals surface area contributed by atoms with Crippen LogP contribution in [0, 0.1) is 0 Å². The predicted molar refractivity (Wildman–Crippen MR) is 89.9 cm³/mol. The summed E-state index contributed by atoms with van der Waals surface area (Å²) in [6.07, 6.45) is 4.57. The smallest absolute Gasteiger partial charge is 0.292 e. The first-order chi connectivity index (χ1) is 11.9. The Balaban J connectivity index is 1.58. The van der Waals surface area contributed by atoms with Gasteiger partial charge < -0.3 is 14.5 Å². The van der Waals surface area contributed by atoms with E-state index in [-0.39, 0.29) is 23.9 Å². The van der Waals surface area contributed by atoms with Gasteiger partial charge in [-0.15, -0.1) is 0 Å². The van der Waals surface area contributed by atoms with Crippen molar-refractivity contribution >= 4 is 5.91 Å². The molecule has 7 nitrogen and oxygen atoms in total. The van der Waals surface area contributed by atoms with Crippen LogP contribution in [0.3, 0.4) is 0 Å². The van der Waals surface area contributed by atoms with Gasteiger partial charge in [-0.05, 0) is 24.8 Å². The summed E-state index contributed by atoms with van der Waals surface area (Å²) in [5, 5.41) is 19.4. The number of fused-ring (bicyclic) bond motifs is 2. The minimum Gasteiger partial charge on any atom is -0.383 e. The van der Waals surface area contributed by atoms with Crippen LogP contribution in [0.2, 0.25) is 0 Å². The SMILES string of the molecule is CC(C)c1cc(C(=O)N2[C@@H]3CC[C@@H]2CC(O)(c2ccnn2C)C3)on1. The molecule has 134 valence electrons. The number of nitrogens with zero attached hydrogens (tertiary/aromatic N) is 4. The van der Waals surface area contributed by atoms with Crippen molar-refractivity contribution in [2.75, 3.05) is 0 Å². The highest BCUT2D eigenvalue weighted by Gasteiger charge is 2.51. The van der Waals surface area contributed by atoms with Gasteiger partial charge in [0.2, 0.25) is 5.76 Å². The molecule has 0 saturated carbocycles. The largest absolute Gasteiger partial charge is 0.383 e. The van der Waals surface area contributed by atoms with Crippen molar-refractivity contribution in [2.45, 2.75) is 63.1 Å². The van der Waals surface area contributed by atoms with E-state index in [0.29, 0.717) is 18.6 Å². The van der Waals surface area contributed by atoms with Crippen LogP contribution in [0.25, 0.3) is 0 Å². The number of carbonyl (C=O) groups is 1. The van der Waals surface area contributed by atoms with E-state index in [0.717, 1.165) is 24.2 Å². The summed E-state index contributed by atoms with van der Waals surface area (Å²) in [6, 6.07) is 3.63. The number of hydrogen-bond acceptors (Lipinski definition) is 5. The van der Waals surface area contributed by atoms with E-state index in [1.807, 2.05) is 31.9 Å². The Morgan fingerprint density at radius 1 is 1.36 bits per heavy atom. The molecule has 0 spiro atoms. The molecule has 2 fully saturated rings. The number of piperidine rings is 1. The first-order valence-electron chi connectivity index (χ1n) is 8.89. The molecule has 2 saturated heterocycles. The molecular weight excluding hydrogens is 320 g/mol. The van der Waals surface area contributed by atoms with Crippen LogP contribution in [-0.2, 0) is 12.6 Å². The standard InChI is InChI=1S/C18H24N4O3/c1-11(2)14-8-15(25-20-14)17(23)22-12-4-5-13(22)10-18(24,9-12)16-6-7-19-21(16)3/h6-8,11-13,24H,4-5,9-10H2,1-3H3/t12-,13-/m1/s1. The second kappa shape index (κ2) is 5.69. The molecule has 0 aliphatic carbocycles. The molecule has 7 heteroatoms. The van der Waals surface area contributed by atoms with Crippen LogP contribution in [-0.4, -0.2) is 42.9 Å². The van der Waals surface area contributed by atoms with Crippen molar-refractivity contribution < 1.29 is 14.4 Å². The van der Waals surface area contributed by atoms with Crippen molar-refractivity contribution in [3.05, 3.63) is 35.5 Å². The van der Waals surface area contributed by atoms with Gasteiger partial charge in [-0.25, -0.2) is 0 Å². The van der Waals surface area contributed by atoms with Crippen molar-refractivity contribution in [3.63, 3.8) is 0 Å². The highest BCUT2D eigenvalue weighted by molar-refractivity contribution is 5.92. The minimum atomic E-state index is -0.932. The monoisotopic (exact) mass is 344 g/mol. The first kappa shape index (κ1) is 16.3. The van der Waals surface area contributed by atoms with Crippen LogP contribution in [0.5, 0.6) is 0 Å². The van der Waals surface area contributed by atoms with E-state index >= 15 is 0 Å². The van der Waals surface area contributed by atoms with Crippen LogP contribution < -0.4 is 0 Å². The lowest BCUT2D eigenvalue weighted by Gasteiger charge is -2.43. The molecule has 2 bridgehead atoms. The van der Waals surface area contributed by atoms with Gasteiger partial charge in [0.1, 0.15) is 5.60 Å². The van der Waals surface area contributed by atoms with Gasteiger partial charge in [0.05, 0.1) is 11.4 Å². The zero-order chi connectivity index (χ0) is 17.8. The summed E-state index contributed by atoms with van der Waals surface area (Å²) in [7, 11) is 1.84. The number of rotatable bonds is 3. The molecule has 0 aromatic carbocycles. The molecule has 2 aliphatic rings. The van der Waals surface area contributed by atoms with Gasteiger partial charge in [-0.3, -0.25) is 9.48 Å². The second-order valence-electron chi connectivity index (χ2n) is 7.65. The van der Waals surface area contributed by atoms with Gasteiger partial charge in [0.15, 0.2) is 0 Å². The number of carbonyl (C=O) groups excluding carboxylic acids is 1. The third-order valence-corrected chi connectivity index (χ3v) is 5.63. The molecule has 1 N–H and O–H groups in total. The van der Waals surface area contributed by atoms with Gasteiger partial charge in [0, 0.05) is 44.2 Å². The maximum Gasteiger partial charge on any atom is 0.292 e. The quantitative estimate of drug-likeness (QED) is 0.922. The average Bonchev–Trinajstić information content (AvgIpc) is 3.26. The lowest BCUT2D eigenvalue weighted by Crippen LogP contribution is -2.52. The van der Waals surface area contributed by atoms with Gasteiger partial charge in [-0.2, -0.15) is 5.10 Å². The number of hydrogen-bond donors (Lipinski definition) is 1. The van der Waals surface area contributed by atoms with Gasteiger partial charge in [-0.1, -0.05) is 19.0 Å². The van der Waals surface area contributed by atoms with Crippen molar-refractivity contribution in [1.82, 2.24) is 19.8 Å². The van der Waals surface area contributed by atoms with Crippen molar-refractivity contribution in [3.8, 4) is 0 Å². The first-order valence-corrected chi connectivity index (χ1v) is 8.89. The molecule has 2 aromatic rings. The van der Waals surface area contributed by atoms with Crippen LogP contribution in [0.15, 0.2) is 22.9 Å². The fourth-order valence-corrected chi connectivity index (χ4v) is 4.38. The second-order valence-corrected chi connectivity index (χ2v) is 7.65. The fraction of sp³-hybridized carbons (Fsp3) is 0.611. The number of aryl methyl sites for hydroxylation is 1. The number of amides is 1. The summed E-state index contributed by atoms with van der Waals surface area (Å²) in [6.45, 7) is 4.04. The van der Waals surface area contributed by atoms with Gasteiger partial charge >= 0.3 is 0 Å². The van der Waals surface area contributed by atoms with Crippen LogP contribution in [0.1, 0.15) is 67.4 Å². The summed E-state index contributed by atoms with van der Waals surface area (Å²) < 4.78 is 7.02. The topological polar surface area (TPSA) is 84.4 Å². The normalized spacial score (nSPS) is 28.8. The third kappa shape index (κ3) is 2.57. The third-order valence-electron chi connectivity index (χ3n) is 5.63. The Hall–Kier alpha value is -2.15. The molecule has 0 unspecified atom stereocenters. The maximum absolute atomic E-state index is 13.0. The van der Waals surface area contributed by atoms with Crippen LogP contribution >= 0.6 is 0 Å². The van der Waals surface area contributed by atoms with E-state index in [4.69, 9.17) is 4.52 Å². The summed E-state index contributed by atoms with van der Waals surface area (Å²) in [5.74, 6) is 0.406. The summed E-state index contributed by atoms with van der Waals surface area (Å²) >= 11 is 0. The molecule has 2 aromatic heterocycles. The van der Waals surface area contributed by atoms with E-state index in [9.17, 15) is 9.90 Å². The van der Waals surface area contributed by atoms with Crippen molar-refractivity contribution in [2.24, 2.45) is 7.05 Å². The Kier molecular flexibility index (Phi) is 3.72. The average molecular weight is 344 g/mol. The molecule has 2 atom stereocenters. The molecule has 4 rings (SSSR count). The van der Waals surface area contributed by atoms with Gasteiger partial charge in [0.25, 0.3) is 5.91 Å². The molecular formula is C18H24N4O3. The Morgan fingerprint density at radius 3 is 2.56 bits per heavy atom. The zero-order valence-corrected chi connectivity index (χ0v) is 14.8. The Bertz CT molecular complexity index is 780. The summed E-state index contributed by atoms with van der Waals surface area (Å²) in [4.78, 5) is 14.9. The molecule has 4 heterocycles. The molecule has 2 aliphatic heterocycles. The molecule has 25 heavy (non-hydrogen) atoms. The minimum absolute atomic E-state index is 0.0127. The van der Waals surface area contributed by atoms with E-state index in [1.165, 1.54) is 0 Å². The van der Waals surface area contributed by atoms with E-state index in [2.05, 4.69) is 10.3 Å². The Labute approximate surface area is 146 Å². The van der Waals surface area contributed by atoms with E-state index in [1.54, 1.807) is 16.9 Å². The number of aromatic nitrogens is 3. The summed E-state index contributed by atoms with van der Waals surface area (Å²) in [5.41, 5.74) is 0.676. The lowest BCUT2D eigenvalue weighted by atomic mass is 9.83. The highest BCUT2D eigenvalue weighted by atomic mass is 16.5. The van der Waals surface area contributed by atoms with Crippen molar-refractivity contribution in [1.29, 1.82) is 0 Å². The van der Waals surface area contributed by atoms with Crippen LogP contribution in [0.4, 0.5) is 0 Å². The predicted octanol–water partition coefficient (Wildman–Crippen LogP) is 2.19. The fourth-order valence-electron chi connectivity index (χ4n) is 4.38. The zero-order valence-electron chi connectivity index (χ0n) is 14.8. The molecule has 1 amide bonds. The Morgan fingerprint density at radius 2 is 2.04 bits per heavy atom. The highest BCUT2D eigenvalue weighted by Crippen LogP contribution is 2.46. The lowest BCUT2D eigenvalue weighted by molar-refractivity contribution is -0.0538.